The van der Waals surface area contributed by atoms with Gasteiger partial charge >= 0.3 is 0 Å². The molecule has 1 atom stereocenters. The third-order valence-corrected chi connectivity index (χ3v) is 3.53. The number of benzene rings is 2. The van der Waals surface area contributed by atoms with Gasteiger partial charge in [0.1, 0.15) is 0 Å². The van der Waals surface area contributed by atoms with Gasteiger partial charge in [0.05, 0.1) is 5.37 Å². The maximum atomic E-state index is 8.64. The van der Waals surface area contributed by atoms with E-state index in [4.69, 9.17) is 5.53 Å². The van der Waals surface area contributed by atoms with Crippen molar-refractivity contribution in [3.63, 3.8) is 0 Å². The Kier molecular flexibility index (Phi) is 4.70. The first-order valence-electron chi connectivity index (χ1n) is 5.68. The normalized spacial score (nSPS) is 11.6. The van der Waals surface area contributed by atoms with Crippen LogP contribution in [0.2, 0.25) is 0 Å². The van der Waals surface area contributed by atoms with E-state index in [1.807, 2.05) is 60.7 Å². The Labute approximate surface area is 110 Å². The van der Waals surface area contributed by atoms with E-state index in [1.165, 1.54) is 5.56 Å². The van der Waals surface area contributed by atoms with Gasteiger partial charge in [-0.05, 0) is 29.6 Å². The molecule has 0 aliphatic carbocycles. The Bertz CT molecular complexity index is 480. The van der Waals surface area contributed by atoms with Gasteiger partial charge in [0.25, 0.3) is 0 Å². The average molecular weight is 255 g/mol. The van der Waals surface area contributed by atoms with E-state index in [2.05, 4.69) is 10.0 Å². The van der Waals surface area contributed by atoms with Crippen molar-refractivity contribution in [2.75, 3.05) is 0 Å². The zero-order chi connectivity index (χ0) is 12.6. The molecule has 90 valence electrons. The SMILES string of the molecule is [N-]=[N+]=NC(Cc1ccccc1)Sc1ccccc1. The molecule has 1 unspecified atom stereocenters. The Hall–Kier alpha value is -1.90. The van der Waals surface area contributed by atoms with Gasteiger partial charge in [0.15, 0.2) is 0 Å². The lowest BCUT2D eigenvalue weighted by Gasteiger charge is -2.10. The summed E-state index contributed by atoms with van der Waals surface area (Å²) in [4.78, 5) is 4.05. The standard InChI is InChI=1S/C14H13N3S/c15-17-16-14(11-12-7-3-1-4-8-12)18-13-9-5-2-6-10-13/h1-10,14H,11H2. The Morgan fingerprint density at radius 1 is 1.00 bits per heavy atom. The lowest BCUT2D eigenvalue weighted by molar-refractivity contribution is 0.890. The van der Waals surface area contributed by atoms with Gasteiger partial charge in [-0.1, -0.05) is 53.6 Å². The van der Waals surface area contributed by atoms with E-state index < -0.39 is 0 Å². The highest BCUT2D eigenvalue weighted by molar-refractivity contribution is 8.00. The molecule has 2 rings (SSSR count). The molecule has 0 bridgehead atoms. The molecule has 2 aromatic carbocycles. The van der Waals surface area contributed by atoms with Crippen LogP contribution in [0.25, 0.3) is 10.4 Å². The summed E-state index contributed by atoms with van der Waals surface area (Å²) >= 11 is 1.59. The predicted molar refractivity (Wildman–Crippen MR) is 75.4 cm³/mol. The zero-order valence-corrected chi connectivity index (χ0v) is 10.6. The number of hydrogen-bond donors (Lipinski definition) is 0. The van der Waals surface area contributed by atoms with Gasteiger partial charge < -0.3 is 0 Å². The van der Waals surface area contributed by atoms with E-state index in [0.717, 1.165) is 11.3 Å². The summed E-state index contributed by atoms with van der Waals surface area (Å²) in [5.41, 5.74) is 9.82. The maximum Gasteiger partial charge on any atom is 0.0920 e. The van der Waals surface area contributed by atoms with Crippen molar-refractivity contribution < 1.29 is 0 Å². The molecule has 0 aliphatic rings. The number of rotatable bonds is 5. The largest absolute Gasteiger partial charge is 0.116 e. The summed E-state index contributed by atoms with van der Waals surface area (Å²) in [6.45, 7) is 0. The van der Waals surface area contributed by atoms with Crippen LogP contribution in [0.4, 0.5) is 0 Å². The molecule has 0 heterocycles. The minimum atomic E-state index is -0.111. The molecule has 0 radical (unpaired) electrons. The van der Waals surface area contributed by atoms with Crippen LogP contribution in [-0.4, -0.2) is 5.37 Å². The minimum absolute atomic E-state index is 0.111. The maximum absolute atomic E-state index is 8.64. The molecule has 0 saturated heterocycles. The number of thioether (sulfide) groups is 1. The minimum Gasteiger partial charge on any atom is -0.116 e. The molecule has 18 heavy (non-hydrogen) atoms. The number of nitrogens with zero attached hydrogens (tertiary/aromatic N) is 3. The molecule has 0 N–H and O–H groups in total. The van der Waals surface area contributed by atoms with E-state index in [1.54, 1.807) is 11.8 Å². The summed E-state index contributed by atoms with van der Waals surface area (Å²) in [7, 11) is 0. The van der Waals surface area contributed by atoms with Gasteiger partial charge in [0.2, 0.25) is 0 Å². The third kappa shape index (κ3) is 3.84. The zero-order valence-electron chi connectivity index (χ0n) is 9.81. The second-order valence-electron chi connectivity index (χ2n) is 3.78. The van der Waals surface area contributed by atoms with Crippen LogP contribution in [0.1, 0.15) is 5.56 Å². The quantitative estimate of drug-likeness (QED) is 0.332. The fourth-order valence-electron chi connectivity index (χ4n) is 1.64. The fourth-order valence-corrected chi connectivity index (χ4v) is 2.63. The summed E-state index contributed by atoms with van der Waals surface area (Å²) in [5, 5.41) is 3.75. The second-order valence-corrected chi connectivity index (χ2v) is 5.03. The van der Waals surface area contributed by atoms with E-state index in [-0.39, 0.29) is 5.37 Å². The van der Waals surface area contributed by atoms with Gasteiger partial charge in [0, 0.05) is 9.81 Å². The first-order valence-corrected chi connectivity index (χ1v) is 6.56. The first kappa shape index (κ1) is 12.6. The van der Waals surface area contributed by atoms with Crippen molar-refractivity contribution in [1.82, 2.24) is 0 Å². The molecule has 0 fully saturated rings. The van der Waals surface area contributed by atoms with Crippen LogP contribution in [0, 0.1) is 0 Å². The summed E-state index contributed by atoms with van der Waals surface area (Å²) in [5.74, 6) is 0. The van der Waals surface area contributed by atoms with Gasteiger partial charge in [-0.3, -0.25) is 0 Å². The van der Waals surface area contributed by atoms with E-state index in [9.17, 15) is 0 Å². The topological polar surface area (TPSA) is 48.8 Å². The lowest BCUT2D eigenvalue weighted by atomic mass is 10.1. The second kappa shape index (κ2) is 6.74. The molecule has 0 spiro atoms. The van der Waals surface area contributed by atoms with Gasteiger partial charge in [-0.15, -0.1) is 11.8 Å². The smallest absolute Gasteiger partial charge is 0.0920 e. The van der Waals surface area contributed by atoms with Crippen molar-refractivity contribution in [1.29, 1.82) is 0 Å². The monoisotopic (exact) mass is 255 g/mol. The van der Waals surface area contributed by atoms with Crippen molar-refractivity contribution in [2.45, 2.75) is 16.7 Å². The Morgan fingerprint density at radius 3 is 2.22 bits per heavy atom. The summed E-state index contributed by atoms with van der Waals surface area (Å²) < 4.78 is 0. The number of hydrogen-bond acceptors (Lipinski definition) is 2. The Balaban J connectivity index is 2.07. The highest BCUT2D eigenvalue weighted by atomic mass is 32.2. The third-order valence-electron chi connectivity index (χ3n) is 2.45. The van der Waals surface area contributed by atoms with Crippen LogP contribution in [0.15, 0.2) is 70.7 Å². The molecule has 2 aromatic rings. The van der Waals surface area contributed by atoms with E-state index in [0.29, 0.717) is 0 Å². The Morgan fingerprint density at radius 2 is 1.61 bits per heavy atom. The van der Waals surface area contributed by atoms with Crippen LogP contribution in [0.5, 0.6) is 0 Å². The molecule has 0 amide bonds. The van der Waals surface area contributed by atoms with Crippen LogP contribution >= 0.6 is 11.8 Å². The summed E-state index contributed by atoms with van der Waals surface area (Å²) in [6.07, 6.45) is 0.741. The summed E-state index contributed by atoms with van der Waals surface area (Å²) in [6, 6.07) is 20.1. The van der Waals surface area contributed by atoms with Gasteiger partial charge in [-0.2, -0.15) is 0 Å². The highest BCUT2D eigenvalue weighted by Crippen LogP contribution is 2.26. The molecule has 3 nitrogen and oxygen atoms in total. The van der Waals surface area contributed by atoms with Gasteiger partial charge in [-0.25, -0.2) is 0 Å². The average Bonchev–Trinajstić information content (AvgIpc) is 2.41. The first-order chi connectivity index (χ1) is 8.88. The molecular formula is C14H13N3S. The lowest BCUT2D eigenvalue weighted by Crippen LogP contribution is -2.02. The molecule has 0 aliphatic heterocycles. The molecular weight excluding hydrogens is 242 g/mol. The highest BCUT2D eigenvalue weighted by Gasteiger charge is 2.09. The van der Waals surface area contributed by atoms with E-state index >= 15 is 0 Å². The molecule has 0 saturated carbocycles. The van der Waals surface area contributed by atoms with Crippen LogP contribution in [-0.2, 0) is 6.42 Å². The fraction of sp³-hybridized carbons (Fsp3) is 0.143. The molecule has 0 aromatic heterocycles. The number of azide groups is 1. The van der Waals surface area contributed by atoms with Crippen molar-refractivity contribution in [3.8, 4) is 0 Å². The van der Waals surface area contributed by atoms with Crippen molar-refractivity contribution in [3.05, 3.63) is 76.7 Å². The van der Waals surface area contributed by atoms with Crippen molar-refractivity contribution in [2.24, 2.45) is 5.11 Å². The predicted octanol–water partition coefficient (Wildman–Crippen LogP) is 4.66. The molecule has 4 heteroatoms. The van der Waals surface area contributed by atoms with Crippen molar-refractivity contribution >= 4 is 11.8 Å². The van der Waals surface area contributed by atoms with Crippen LogP contribution in [0.3, 0.4) is 0 Å². The van der Waals surface area contributed by atoms with Crippen LogP contribution < -0.4 is 0 Å².